The first-order chi connectivity index (χ1) is 9.23. The molecule has 116 valence electrons. The van der Waals surface area contributed by atoms with E-state index >= 15 is 0 Å². The van der Waals surface area contributed by atoms with Crippen LogP contribution in [0.3, 0.4) is 0 Å². The number of carbonyl (C=O) groups excluding carboxylic acids is 2. The predicted octanol–water partition coefficient (Wildman–Crippen LogP) is 0.391. The fourth-order valence-electron chi connectivity index (χ4n) is 1.89. The number of piperazine rings is 1. The van der Waals surface area contributed by atoms with Crippen LogP contribution in [0.2, 0.25) is 0 Å². The van der Waals surface area contributed by atoms with Gasteiger partial charge in [0.05, 0.1) is 13.7 Å². The first kappa shape index (κ1) is 16.5. The van der Waals surface area contributed by atoms with Crippen LogP contribution in [-0.2, 0) is 9.53 Å². The maximum Gasteiger partial charge on any atom is 0.409 e. The van der Waals surface area contributed by atoms with Gasteiger partial charge in [0.2, 0.25) is 5.91 Å². The van der Waals surface area contributed by atoms with Crippen LogP contribution in [-0.4, -0.2) is 86.3 Å². The highest BCUT2D eigenvalue weighted by molar-refractivity contribution is 5.78. The summed E-state index contributed by atoms with van der Waals surface area (Å²) >= 11 is 0. The van der Waals surface area contributed by atoms with E-state index in [1.54, 1.807) is 4.90 Å². The Kier molecular flexibility index (Phi) is 5.61. The van der Waals surface area contributed by atoms with Crippen LogP contribution in [0.4, 0.5) is 18.0 Å². The van der Waals surface area contributed by atoms with Gasteiger partial charge in [-0.2, -0.15) is 13.2 Å². The van der Waals surface area contributed by atoms with Crippen molar-refractivity contribution in [3.63, 3.8) is 0 Å². The zero-order chi connectivity index (χ0) is 15.3. The molecule has 0 N–H and O–H groups in total. The lowest BCUT2D eigenvalue weighted by atomic mass is 10.3. The first-order valence-electron chi connectivity index (χ1n) is 6.09. The Morgan fingerprint density at radius 1 is 1.20 bits per heavy atom. The third kappa shape index (κ3) is 5.24. The third-order valence-electron chi connectivity index (χ3n) is 3.01. The van der Waals surface area contributed by atoms with Crippen molar-refractivity contribution >= 4 is 12.0 Å². The number of alkyl halides is 3. The van der Waals surface area contributed by atoms with Gasteiger partial charge in [0, 0.05) is 33.2 Å². The lowest BCUT2D eigenvalue weighted by Crippen LogP contribution is -2.51. The molecule has 0 spiro atoms. The van der Waals surface area contributed by atoms with Crippen LogP contribution in [0.25, 0.3) is 0 Å². The van der Waals surface area contributed by atoms with Crippen molar-refractivity contribution in [3.8, 4) is 0 Å². The summed E-state index contributed by atoms with van der Waals surface area (Å²) in [7, 11) is 2.41. The van der Waals surface area contributed by atoms with Crippen LogP contribution in [0.15, 0.2) is 0 Å². The van der Waals surface area contributed by atoms with Gasteiger partial charge >= 0.3 is 12.3 Å². The minimum atomic E-state index is -4.39. The summed E-state index contributed by atoms with van der Waals surface area (Å²) in [6.07, 6.45) is -4.83. The van der Waals surface area contributed by atoms with E-state index in [9.17, 15) is 22.8 Å². The molecule has 0 bridgehead atoms. The maximum absolute atomic E-state index is 12.2. The monoisotopic (exact) mass is 297 g/mol. The van der Waals surface area contributed by atoms with E-state index in [0.717, 1.165) is 7.05 Å². The predicted molar refractivity (Wildman–Crippen MR) is 64.1 cm³/mol. The number of methoxy groups -OCH3 is 1. The van der Waals surface area contributed by atoms with Crippen LogP contribution in [0, 0.1) is 0 Å². The average molecular weight is 297 g/mol. The fourth-order valence-corrected chi connectivity index (χ4v) is 1.89. The summed E-state index contributed by atoms with van der Waals surface area (Å²) in [6, 6.07) is 0. The van der Waals surface area contributed by atoms with Crippen LogP contribution >= 0.6 is 0 Å². The standard InChI is InChI=1S/C11H18F3N3O3/c1-15(8-11(12,13)14)9(18)7-16-3-5-17(6-4-16)10(19)20-2/h3-8H2,1-2H3. The van der Waals surface area contributed by atoms with E-state index in [0.29, 0.717) is 31.1 Å². The summed E-state index contributed by atoms with van der Waals surface area (Å²) in [5.74, 6) is -0.589. The largest absolute Gasteiger partial charge is 0.453 e. The molecule has 0 radical (unpaired) electrons. The maximum atomic E-state index is 12.2. The zero-order valence-electron chi connectivity index (χ0n) is 11.4. The van der Waals surface area contributed by atoms with E-state index < -0.39 is 24.7 Å². The molecule has 0 aliphatic carbocycles. The van der Waals surface area contributed by atoms with E-state index in [2.05, 4.69) is 4.74 Å². The second kappa shape index (κ2) is 6.78. The van der Waals surface area contributed by atoms with Crippen molar-refractivity contribution in [2.24, 2.45) is 0 Å². The molecular weight excluding hydrogens is 279 g/mol. The molecule has 9 heteroatoms. The molecule has 1 rings (SSSR count). The number of nitrogens with zero attached hydrogens (tertiary/aromatic N) is 3. The molecule has 0 saturated carbocycles. The van der Waals surface area contributed by atoms with Gasteiger partial charge in [0.15, 0.2) is 0 Å². The average Bonchev–Trinajstić information content (AvgIpc) is 2.36. The molecule has 2 amide bonds. The van der Waals surface area contributed by atoms with Gasteiger partial charge in [-0.1, -0.05) is 0 Å². The number of likely N-dealkylation sites (N-methyl/N-ethyl adjacent to an activating group) is 1. The smallest absolute Gasteiger partial charge is 0.409 e. The number of hydrogen-bond donors (Lipinski definition) is 0. The molecule has 0 aromatic rings. The normalized spacial score (nSPS) is 16.9. The van der Waals surface area contributed by atoms with Gasteiger partial charge in [0.1, 0.15) is 6.54 Å². The van der Waals surface area contributed by atoms with Crippen LogP contribution in [0.5, 0.6) is 0 Å². The Balaban J connectivity index is 2.36. The van der Waals surface area contributed by atoms with Crippen molar-refractivity contribution < 1.29 is 27.5 Å². The van der Waals surface area contributed by atoms with Crippen LogP contribution in [0.1, 0.15) is 0 Å². The van der Waals surface area contributed by atoms with Crippen molar-refractivity contribution in [1.82, 2.24) is 14.7 Å². The SMILES string of the molecule is COC(=O)N1CCN(CC(=O)N(C)CC(F)(F)F)CC1. The highest BCUT2D eigenvalue weighted by Gasteiger charge is 2.32. The topological polar surface area (TPSA) is 53.1 Å². The fraction of sp³-hybridized carbons (Fsp3) is 0.818. The van der Waals surface area contributed by atoms with E-state index in [-0.39, 0.29) is 6.54 Å². The molecule has 1 saturated heterocycles. The van der Waals surface area contributed by atoms with Gasteiger partial charge in [-0.3, -0.25) is 9.69 Å². The lowest BCUT2D eigenvalue weighted by Gasteiger charge is -2.34. The quantitative estimate of drug-likeness (QED) is 0.756. The van der Waals surface area contributed by atoms with Gasteiger partial charge in [0.25, 0.3) is 0 Å². The van der Waals surface area contributed by atoms with Crippen molar-refractivity contribution in [2.75, 3.05) is 53.4 Å². The summed E-state index contributed by atoms with van der Waals surface area (Å²) in [5, 5.41) is 0. The number of hydrogen-bond acceptors (Lipinski definition) is 4. The number of halogens is 3. The van der Waals surface area contributed by atoms with Gasteiger partial charge in [-0.15, -0.1) is 0 Å². The summed E-state index contributed by atoms with van der Waals surface area (Å²) in [6.45, 7) is 0.308. The van der Waals surface area contributed by atoms with Crippen molar-refractivity contribution in [2.45, 2.75) is 6.18 Å². The second-order valence-electron chi connectivity index (χ2n) is 4.60. The Bertz CT molecular complexity index is 355. The second-order valence-corrected chi connectivity index (χ2v) is 4.60. The van der Waals surface area contributed by atoms with Gasteiger partial charge in [-0.25, -0.2) is 4.79 Å². The minimum Gasteiger partial charge on any atom is -0.453 e. The van der Waals surface area contributed by atoms with E-state index in [1.807, 2.05) is 0 Å². The molecule has 6 nitrogen and oxygen atoms in total. The molecule has 20 heavy (non-hydrogen) atoms. The number of rotatable bonds is 3. The van der Waals surface area contributed by atoms with Crippen molar-refractivity contribution in [3.05, 3.63) is 0 Å². The molecule has 0 aromatic carbocycles. The Morgan fingerprint density at radius 2 is 1.75 bits per heavy atom. The summed E-state index contributed by atoms with van der Waals surface area (Å²) < 4.78 is 41.0. The van der Waals surface area contributed by atoms with Crippen LogP contribution < -0.4 is 0 Å². The molecule has 0 aromatic heterocycles. The molecular formula is C11H18F3N3O3. The van der Waals surface area contributed by atoms with Gasteiger partial charge in [-0.05, 0) is 0 Å². The molecule has 1 aliphatic rings. The molecule has 1 heterocycles. The van der Waals surface area contributed by atoms with E-state index in [4.69, 9.17) is 0 Å². The number of amides is 2. The van der Waals surface area contributed by atoms with E-state index in [1.165, 1.54) is 12.0 Å². The zero-order valence-corrected chi connectivity index (χ0v) is 11.4. The summed E-state index contributed by atoms with van der Waals surface area (Å²) in [4.78, 5) is 26.7. The molecule has 0 unspecified atom stereocenters. The van der Waals surface area contributed by atoms with Gasteiger partial charge < -0.3 is 14.5 Å². The summed E-state index contributed by atoms with van der Waals surface area (Å²) in [5.41, 5.74) is 0. The Labute approximate surface area is 115 Å². The Hall–Kier alpha value is -1.51. The highest BCUT2D eigenvalue weighted by atomic mass is 19.4. The molecule has 0 atom stereocenters. The third-order valence-corrected chi connectivity index (χ3v) is 3.01. The number of carbonyl (C=O) groups is 2. The minimum absolute atomic E-state index is 0.0818. The highest BCUT2D eigenvalue weighted by Crippen LogP contribution is 2.15. The molecule has 1 fully saturated rings. The Morgan fingerprint density at radius 3 is 2.20 bits per heavy atom. The van der Waals surface area contributed by atoms with Crippen molar-refractivity contribution in [1.29, 1.82) is 0 Å². The first-order valence-corrected chi connectivity index (χ1v) is 6.09. The molecule has 1 aliphatic heterocycles. The number of ether oxygens (including phenoxy) is 1. The lowest BCUT2D eigenvalue weighted by molar-refractivity contribution is -0.159.